The number of hydrogen-bond donors (Lipinski definition) is 11. The van der Waals surface area contributed by atoms with Gasteiger partial charge in [0.15, 0.2) is 0 Å². The number of aromatic nitrogens is 8. The van der Waals surface area contributed by atoms with Crippen LogP contribution in [-0.2, 0) is 24.1 Å². The van der Waals surface area contributed by atoms with Gasteiger partial charge in [0.05, 0.1) is 28.5 Å². The highest BCUT2D eigenvalue weighted by Crippen LogP contribution is 2.31. The van der Waals surface area contributed by atoms with Crippen molar-refractivity contribution in [2.45, 2.75) is 160 Å². The van der Waals surface area contributed by atoms with Crippen LogP contribution in [0.25, 0.3) is 45.0 Å². The van der Waals surface area contributed by atoms with E-state index in [4.69, 9.17) is 20.4 Å². The van der Waals surface area contributed by atoms with E-state index in [1.54, 1.807) is 73.3 Å². The number of piperidine rings is 4. The van der Waals surface area contributed by atoms with Crippen LogP contribution in [0.5, 0.6) is 0 Å². The molecule has 0 saturated carbocycles. The maximum absolute atomic E-state index is 12.9. The summed E-state index contributed by atoms with van der Waals surface area (Å²) in [5, 5.41) is 17.3. The van der Waals surface area contributed by atoms with Crippen molar-refractivity contribution in [2.75, 3.05) is 139 Å². The third-order valence-corrected chi connectivity index (χ3v) is 26.3. The first-order chi connectivity index (χ1) is 66.9. The number of nitrogens with one attached hydrogen (secondary N) is 10. The van der Waals surface area contributed by atoms with E-state index in [0.717, 1.165) is 178 Å². The minimum atomic E-state index is -0.372. The van der Waals surface area contributed by atoms with Crippen molar-refractivity contribution in [1.82, 2.24) is 50.1 Å². The van der Waals surface area contributed by atoms with Gasteiger partial charge in [-0.3, -0.25) is 53.3 Å². The lowest BCUT2D eigenvalue weighted by atomic mass is 9.94. The van der Waals surface area contributed by atoms with Crippen LogP contribution in [-0.4, -0.2) is 173 Å². The summed E-state index contributed by atoms with van der Waals surface area (Å²) in [5.41, 5.74) is 20.5. The van der Waals surface area contributed by atoms with Crippen LogP contribution < -0.4 is 79.5 Å². The molecule has 0 radical (unpaired) electrons. The van der Waals surface area contributed by atoms with E-state index in [1.165, 1.54) is 103 Å². The van der Waals surface area contributed by atoms with Gasteiger partial charge in [-0.2, -0.15) is 0 Å². The lowest BCUT2D eigenvalue weighted by molar-refractivity contribution is 0.0639. The molecule has 12 aromatic rings. The summed E-state index contributed by atoms with van der Waals surface area (Å²) in [6, 6.07) is 61.1. The Morgan fingerprint density at radius 2 is 0.723 bits per heavy atom. The van der Waals surface area contributed by atoms with Crippen molar-refractivity contribution in [1.29, 1.82) is 0 Å². The van der Waals surface area contributed by atoms with Crippen molar-refractivity contribution >= 4 is 74.9 Å². The first-order valence-corrected chi connectivity index (χ1v) is 48.7. The van der Waals surface area contributed by atoms with Crippen LogP contribution in [0.1, 0.15) is 187 Å². The van der Waals surface area contributed by atoms with E-state index >= 15 is 0 Å². The summed E-state index contributed by atoms with van der Waals surface area (Å²) in [6.45, 7) is 14.4. The predicted molar refractivity (Wildman–Crippen MR) is 548 cm³/mol. The van der Waals surface area contributed by atoms with E-state index in [2.05, 4.69) is 99.4 Å². The number of amides is 4. The number of aromatic amines is 4. The molecule has 14 heterocycles. The molecule has 0 bridgehead atoms. The number of likely N-dealkylation sites (tertiary alicyclic amines) is 1. The van der Waals surface area contributed by atoms with Crippen LogP contribution >= 0.6 is 0 Å². The minimum absolute atomic E-state index is 0.0829. The molecule has 1 unspecified atom stereocenters. The Morgan fingerprint density at radius 3 is 1.06 bits per heavy atom. The van der Waals surface area contributed by atoms with Gasteiger partial charge in [-0.05, 0) is 338 Å². The molecular formula is C108H128N20O9. The van der Waals surface area contributed by atoms with Gasteiger partial charge in [-0.25, -0.2) is 4.98 Å². The molecule has 29 nitrogen and oxygen atoms in total. The topological polar surface area (TPSA) is 375 Å². The molecule has 0 aliphatic carbocycles. The van der Waals surface area contributed by atoms with Crippen molar-refractivity contribution in [3.05, 3.63) is 300 Å². The monoisotopic (exact) mass is 1850 g/mol. The number of nitrogens with two attached hydrogens (primary N) is 1. The maximum atomic E-state index is 12.9. The van der Waals surface area contributed by atoms with Gasteiger partial charge in [-0.1, -0.05) is 24.3 Å². The first kappa shape index (κ1) is 97.5. The lowest BCUT2D eigenvalue weighted by Gasteiger charge is -2.28. The minimum Gasteiger partial charge on any atom is -0.381 e. The number of hydrogen-bond acceptors (Lipinski definition) is 21. The smallest absolute Gasteiger partial charge is 0.271 e. The van der Waals surface area contributed by atoms with Crippen molar-refractivity contribution in [3.63, 3.8) is 0 Å². The molecule has 0 spiro atoms. The molecule has 4 amide bonds. The highest BCUT2D eigenvalue weighted by Gasteiger charge is 2.25. The number of rotatable bonds is 28. The summed E-state index contributed by atoms with van der Waals surface area (Å²) >= 11 is 0. The number of H-pyrrole nitrogens is 4. The highest BCUT2D eigenvalue weighted by molar-refractivity contribution is 6.07. The molecule has 137 heavy (non-hydrogen) atoms. The fourth-order valence-electron chi connectivity index (χ4n) is 18.3. The number of nitrogens with zero attached hydrogens (tertiary/aromatic N) is 9. The molecule has 6 saturated heterocycles. The second-order valence-corrected chi connectivity index (χ2v) is 36.2. The van der Waals surface area contributed by atoms with Gasteiger partial charge >= 0.3 is 0 Å². The normalized spacial score (nSPS) is 15.9. The third kappa shape index (κ3) is 27.7. The Hall–Kier alpha value is -14.0. The number of aryl methyl sites for hydroxylation is 2. The molecule has 6 aliphatic heterocycles. The highest BCUT2D eigenvalue weighted by atomic mass is 16.5. The molecule has 6 fully saturated rings. The molecule has 12 N–H and O–H groups in total. The Balaban J connectivity index is 0.000000139. The number of ether oxygens (including phenoxy) is 1. The van der Waals surface area contributed by atoms with E-state index in [1.807, 2.05) is 153 Å². The fourth-order valence-corrected chi connectivity index (χ4v) is 18.3. The first-order valence-electron chi connectivity index (χ1n) is 48.7. The van der Waals surface area contributed by atoms with E-state index in [0.29, 0.717) is 64.4 Å². The molecule has 18 rings (SSSR count). The second kappa shape index (κ2) is 49.0. The van der Waals surface area contributed by atoms with E-state index in [-0.39, 0.29) is 74.7 Å². The maximum Gasteiger partial charge on any atom is 0.271 e. The Labute approximate surface area is 800 Å². The second-order valence-electron chi connectivity index (χ2n) is 36.2. The zero-order valence-electron chi connectivity index (χ0n) is 78.8. The summed E-state index contributed by atoms with van der Waals surface area (Å²) in [7, 11) is 4.08. The van der Waals surface area contributed by atoms with Gasteiger partial charge in [0.2, 0.25) is 0 Å². The van der Waals surface area contributed by atoms with Gasteiger partial charge in [0, 0.05) is 194 Å². The fraction of sp³-hybridized carbons (Fsp3) is 0.370. The van der Waals surface area contributed by atoms with Crippen LogP contribution in [0.3, 0.4) is 0 Å². The molecule has 8 aromatic heterocycles. The Kier molecular flexibility index (Phi) is 34.9. The molecule has 4 aromatic carbocycles. The van der Waals surface area contributed by atoms with Crippen LogP contribution in [0.2, 0.25) is 0 Å². The van der Waals surface area contributed by atoms with Crippen molar-refractivity contribution in [3.8, 4) is 45.0 Å². The largest absolute Gasteiger partial charge is 0.381 e. The summed E-state index contributed by atoms with van der Waals surface area (Å²) in [6.07, 6.45) is 31.3. The van der Waals surface area contributed by atoms with E-state index < -0.39 is 0 Å². The summed E-state index contributed by atoms with van der Waals surface area (Å²) < 4.78 is 5.46. The number of carbonyl (C=O) groups is 4. The zero-order chi connectivity index (χ0) is 95.2. The SMILES string of the molecule is CN1CCCC1CCCc1cccc(-c2c[nH]c(=O)c(NC(=O)c3ccc(N4CCCCC4)cc3)c2)n1.CNCc1cccc(-c2c[nH]c(=O)c(NC(=O)c3ccc(N4CCCCC4)cc3)c2)n1.C[C@H](CN)Nc1cccc(-c2c[nH]c(=O)c(NC(=O)c3ccc(N4CCCCC4)cc3)c2)n1.O=C(Nc1cc(-c2cccc(CCC3CCOCC3)n2)c[nH]c1=O)c1ccc(N2CCCCC2)cc1. The summed E-state index contributed by atoms with van der Waals surface area (Å²) in [4.78, 5) is 143. The number of pyridine rings is 8. The number of anilines is 9. The third-order valence-electron chi connectivity index (χ3n) is 26.3. The average molecular weight is 1850 g/mol. The quantitative estimate of drug-likeness (QED) is 0.0217. The van der Waals surface area contributed by atoms with Gasteiger partial charge in [0.25, 0.3) is 45.9 Å². The van der Waals surface area contributed by atoms with Crippen molar-refractivity contribution in [2.24, 2.45) is 11.7 Å². The van der Waals surface area contributed by atoms with Gasteiger partial charge in [0.1, 0.15) is 28.6 Å². The van der Waals surface area contributed by atoms with E-state index in [9.17, 15) is 38.4 Å². The van der Waals surface area contributed by atoms with Crippen molar-refractivity contribution < 1.29 is 23.9 Å². The van der Waals surface area contributed by atoms with Crippen LogP contribution in [0.4, 0.5) is 51.3 Å². The standard InChI is InChI=1S/C30H37N5O2.C29H34N4O3.C25H30N6O2.C24H27N5O2/c1-34-17-7-11-25(34)10-5-8-24-9-6-12-27(32-24)23-20-28(30(37)31-21-23)33-29(36)22-13-15-26(16-14-22)35-18-3-2-4-19-35;34-28(22-8-11-25(12-9-22)33-15-2-1-3-16-33)32-27-19-23(20-30-29(27)35)26-6-4-5-24(31-26)10-7-21-13-17-36-18-14-21;1-17(15-26)28-23-7-5-6-21(29-23)19-14-22(25(33)27-16-19)30-24(32)18-8-10-20(11-9-18)31-12-3-2-4-13-31;1-25-16-19-6-5-7-21(27-19)18-14-22(24(31)26-15-18)28-23(30)17-8-10-20(11-9-17)29-12-3-2-4-13-29/h6,9,12-16,20-21,25H,2-5,7-8,10-11,17-19H2,1H3,(H,31,37)(H,33,36);4-6,8-9,11-12,19-21H,1-3,7,10,13-18H2,(H,30,35)(H,32,34);5-11,14,16-17H,2-4,12-13,15,26H2,1H3,(H,27,33)(H,28,29)(H,30,32);5-11,14-15,25H,2-4,12-13,16H2,1H3,(H,26,31)(H,28,30)/t;;17-;/m..1./s1. The van der Waals surface area contributed by atoms with Crippen LogP contribution in [0, 0.1) is 5.92 Å². The Morgan fingerprint density at radius 1 is 0.394 bits per heavy atom. The summed E-state index contributed by atoms with van der Waals surface area (Å²) in [5.74, 6) is 0.129. The lowest BCUT2D eigenvalue weighted by Crippen LogP contribution is -2.29. The van der Waals surface area contributed by atoms with Gasteiger partial charge in [-0.15, -0.1) is 0 Å². The van der Waals surface area contributed by atoms with Crippen LogP contribution in [0.15, 0.2) is 238 Å². The average Bonchev–Trinajstić information content (AvgIpc) is 1.41. The number of benzene rings is 4. The molecule has 6 aliphatic rings. The predicted octanol–water partition coefficient (Wildman–Crippen LogP) is 17.0. The molecule has 2 atom stereocenters. The number of carbonyl (C=O) groups excluding carboxylic acids is 4. The van der Waals surface area contributed by atoms with Gasteiger partial charge < -0.3 is 86.8 Å². The molecular weight excluding hydrogens is 1720 g/mol. The molecule has 29 heteroatoms. The molecule has 714 valence electrons. The Bertz CT molecular complexity index is 6250. The zero-order valence-corrected chi connectivity index (χ0v) is 78.8.